The minimum absolute atomic E-state index is 0.231. The standard InChI is InChI=1S/C20H20FN5/c21-18-6-4-16(5-7-18)19-17(3-1-8-22-19)15-25-11-13-26(14-12-25)20-23-9-2-10-24-20/h1-10H,11-15H2. The number of pyridine rings is 1. The van der Waals surface area contributed by atoms with Crippen LogP contribution in [0.2, 0.25) is 0 Å². The number of hydrogen-bond donors (Lipinski definition) is 0. The Balaban J connectivity index is 1.45. The van der Waals surface area contributed by atoms with E-state index in [-0.39, 0.29) is 5.82 Å². The van der Waals surface area contributed by atoms with Crippen LogP contribution in [0, 0.1) is 5.82 Å². The first kappa shape index (κ1) is 16.6. The third-order valence-corrected chi connectivity index (χ3v) is 4.61. The van der Waals surface area contributed by atoms with E-state index in [0.717, 1.165) is 55.5 Å². The van der Waals surface area contributed by atoms with Crippen LogP contribution in [0.5, 0.6) is 0 Å². The van der Waals surface area contributed by atoms with Crippen LogP contribution in [0.15, 0.2) is 61.1 Å². The average Bonchev–Trinajstić information content (AvgIpc) is 2.70. The van der Waals surface area contributed by atoms with Crippen molar-refractivity contribution in [3.8, 4) is 11.3 Å². The largest absolute Gasteiger partial charge is 0.338 e. The molecule has 5 nitrogen and oxygen atoms in total. The maximum atomic E-state index is 13.2. The van der Waals surface area contributed by atoms with Crippen molar-refractivity contribution in [1.29, 1.82) is 0 Å². The van der Waals surface area contributed by atoms with E-state index in [0.29, 0.717) is 0 Å². The zero-order chi connectivity index (χ0) is 17.8. The lowest BCUT2D eigenvalue weighted by atomic mass is 10.1. The van der Waals surface area contributed by atoms with Gasteiger partial charge in [-0.25, -0.2) is 14.4 Å². The van der Waals surface area contributed by atoms with Crippen LogP contribution in [-0.2, 0) is 6.54 Å². The fraction of sp³-hybridized carbons (Fsp3) is 0.250. The molecule has 0 unspecified atom stereocenters. The zero-order valence-electron chi connectivity index (χ0n) is 14.4. The fourth-order valence-corrected chi connectivity index (χ4v) is 3.24. The second-order valence-electron chi connectivity index (χ2n) is 6.33. The van der Waals surface area contributed by atoms with Gasteiger partial charge in [0.25, 0.3) is 0 Å². The Hall–Kier alpha value is -2.86. The molecule has 0 bridgehead atoms. The molecule has 0 radical (unpaired) electrons. The van der Waals surface area contributed by atoms with Gasteiger partial charge >= 0.3 is 0 Å². The first-order valence-corrected chi connectivity index (χ1v) is 8.74. The number of halogens is 1. The van der Waals surface area contributed by atoms with E-state index in [1.165, 1.54) is 12.1 Å². The second-order valence-corrected chi connectivity index (χ2v) is 6.33. The molecule has 1 saturated heterocycles. The van der Waals surface area contributed by atoms with Crippen molar-refractivity contribution in [2.75, 3.05) is 31.1 Å². The summed E-state index contributed by atoms with van der Waals surface area (Å²) in [6.45, 7) is 4.50. The van der Waals surface area contributed by atoms with Crippen molar-refractivity contribution in [1.82, 2.24) is 19.9 Å². The summed E-state index contributed by atoms with van der Waals surface area (Å²) in [6, 6.07) is 12.4. The zero-order valence-corrected chi connectivity index (χ0v) is 14.4. The van der Waals surface area contributed by atoms with Crippen molar-refractivity contribution in [2.45, 2.75) is 6.54 Å². The molecule has 1 aliphatic rings. The highest BCUT2D eigenvalue weighted by Gasteiger charge is 2.20. The third-order valence-electron chi connectivity index (χ3n) is 4.61. The summed E-state index contributed by atoms with van der Waals surface area (Å²) in [7, 11) is 0. The number of benzene rings is 1. The Morgan fingerprint density at radius 2 is 1.50 bits per heavy atom. The van der Waals surface area contributed by atoms with Crippen molar-refractivity contribution >= 4 is 5.95 Å². The quantitative estimate of drug-likeness (QED) is 0.725. The smallest absolute Gasteiger partial charge is 0.225 e. The molecule has 1 aliphatic heterocycles. The molecule has 0 aliphatic carbocycles. The molecule has 26 heavy (non-hydrogen) atoms. The van der Waals surface area contributed by atoms with Crippen LogP contribution in [0.4, 0.5) is 10.3 Å². The van der Waals surface area contributed by atoms with Crippen molar-refractivity contribution in [2.24, 2.45) is 0 Å². The molecule has 0 N–H and O–H groups in total. The highest BCUT2D eigenvalue weighted by molar-refractivity contribution is 5.62. The lowest BCUT2D eigenvalue weighted by molar-refractivity contribution is 0.249. The molecule has 0 saturated carbocycles. The van der Waals surface area contributed by atoms with Gasteiger partial charge in [0.2, 0.25) is 5.95 Å². The second kappa shape index (κ2) is 7.58. The number of piperazine rings is 1. The first-order valence-electron chi connectivity index (χ1n) is 8.74. The Morgan fingerprint density at radius 3 is 2.23 bits per heavy atom. The van der Waals surface area contributed by atoms with Gasteiger partial charge in [-0.1, -0.05) is 6.07 Å². The molecular formula is C20H20FN5. The third kappa shape index (κ3) is 3.70. The van der Waals surface area contributed by atoms with E-state index in [1.54, 1.807) is 30.7 Å². The van der Waals surface area contributed by atoms with Crippen molar-refractivity contribution in [3.05, 3.63) is 72.4 Å². The molecular weight excluding hydrogens is 329 g/mol. The first-order chi connectivity index (χ1) is 12.8. The molecule has 0 atom stereocenters. The molecule has 2 aromatic heterocycles. The molecule has 3 aromatic rings. The Morgan fingerprint density at radius 1 is 0.808 bits per heavy atom. The van der Waals surface area contributed by atoms with Crippen LogP contribution < -0.4 is 4.90 Å². The predicted molar refractivity (Wildman–Crippen MR) is 99.2 cm³/mol. The molecule has 1 aromatic carbocycles. The van der Waals surface area contributed by atoms with Crippen LogP contribution in [0.3, 0.4) is 0 Å². The minimum Gasteiger partial charge on any atom is -0.338 e. The minimum atomic E-state index is -0.231. The Labute approximate surface area is 152 Å². The average molecular weight is 349 g/mol. The van der Waals surface area contributed by atoms with E-state index in [2.05, 4.69) is 30.8 Å². The normalized spacial score (nSPS) is 15.2. The summed E-state index contributed by atoms with van der Waals surface area (Å²) in [5.41, 5.74) is 3.02. The topological polar surface area (TPSA) is 45.2 Å². The van der Waals surface area contributed by atoms with Gasteiger partial charge in [-0.05, 0) is 42.0 Å². The number of hydrogen-bond acceptors (Lipinski definition) is 5. The van der Waals surface area contributed by atoms with Gasteiger partial charge in [-0.15, -0.1) is 0 Å². The fourth-order valence-electron chi connectivity index (χ4n) is 3.24. The SMILES string of the molecule is Fc1ccc(-c2ncccc2CN2CCN(c3ncccn3)CC2)cc1. The molecule has 0 amide bonds. The predicted octanol–water partition coefficient (Wildman–Crippen LogP) is 3.00. The summed E-state index contributed by atoms with van der Waals surface area (Å²) >= 11 is 0. The molecule has 3 heterocycles. The van der Waals surface area contributed by atoms with Gasteiger partial charge in [0.05, 0.1) is 5.69 Å². The number of aromatic nitrogens is 3. The highest BCUT2D eigenvalue weighted by atomic mass is 19.1. The van der Waals surface area contributed by atoms with Crippen LogP contribution in [0.1, 0.15) is 5.56 Å². The van der Waals surface area contributed by atoms with Gasteiger partial charge in [-0.3, -0.25) is 9.88 Å². The van der Waals surface area contributed by atoms with Crippen LogP contribution >= 0.6 is 0 Å². The molecule has 0 spiro atoms. The summed E-state index contributed by atoms with van der Waals surface area (Å²) < 4.78 is 13.2. The number of anilines is 1. The van der Waals surface area contributed by atoms with Crippen molar-refractivity contribution < 1.29 is 4.39 Å². The van der Waals surface area contributed by atoms with Gasteiger partial charge in [0.15, 0.2) is 0 Å². The Kier molecular flexibility index (Phi) is 4.84. The van der Waals surface area contributed by atoms with E-state index >= 15 is 0 Å². The van der Waals surface area contributed by atoms with Crippen molar-refractivity contribution in [3.63, 3.8) is 0 Å². The monoisotopic (exact) mass is 349 g/mol. The van der Waals surface area contributed by atoms with Crippen LogP contribution in [-0.4, -0.2) is 46.0 Å². The maximum absolute atomic E-state index is 13.2. The van der Waals surface area contributed by atoms with E-state index in [9.17, 15) is 4.39 Å². The summed E-state index contributed by atoms with van der Waals surface area (Å²) in [4.78, 5) is 17.8. The Bertz CT molecular complexity index is 846. The van der Waals surface area contributed by atoms with Gasteiger partial charge in [0.1, 0.15) is 5.82 Å². The number of nitrogens with zero attached hydrogens (tertiary/aromatic N) is 5. The summed E-state index contributed by atoms with van der Waals surface area (Å²) in [6.07, 6.45) is 5.34. The highest BCUT2D eigenvalue weighted by Crippen LogP contribution is 2.23. The van der Waals surface area contributed by atoms with Gasteiger partial charge < -0.3 is 4.90 Å². The number of rotatable bonds is 4. The van der Waals surface area contributed by atoms with Gasteiger partial charge in [-0.2, -0.15) is 0 Å². The summed E-state index contributed by atoms with van der Waals surface area (Å²) in [5.74, 6) is 0.561. The molecule has 4 rings (SSSR count). The summed E-state index contributed by atoms with van der Waals surface area (Å²) in [5, 5.41) is 0. The van der Waals surface area contributed by atoms with E-state index in [4.69, 9.17) is 0 Å². The van der Waals surface area contributed by atoms with E-state index in [1.807, 2.05) is 12.1 Å². The van der Waals surface area contributed by atoms with Gasteiger partial charge in [0, 0.05) is 56.9 Å². The maximum Gasteiger partial charge on any atom is 0.225 e. The molecule has 6 heteroatoms. The lowest BCUT2D eigenvalue weighted by Crippen LogP contribution is -2.46. The lowest BCUT2D eigenvalue weighted by Gasteiger charge is -2.34. The van der Waals surface area contributed by atoms with E-state index < -0.39 is 0 Å². The molecule has 1 fully saturated rings. The van der Waals surface area contributed by atoms with Crippen LogP contribution in [0.25, 0.3) is 11.3 Å². The molecule has 132 valence electrons.